The second-order valence-electron chi connectivity index (χ2n) is 7.64. The van der Waals surface area contributed by atoms with Gasteiger partial charge in [-0.05, 0) is 33.9 Å². The van der Waals surface area contributed by atoms with Gasteiger partial charge in [-0.2, -0.15) is 0 Å². The topological polar surface area (TPSA) is 79.0 Å². The van der Waals surface area contributed by atoms with E-state index >= 15 is 0 Å². The first-order valence-corrected chi connectivity index (χ1v) is 9.05. The zero-order valence-corrected chi connectivity index (χ0v) is 15.4. The van der Waals surface area contributed by atoms with Crippen LogP contribution in [0.5, 0.6) is 0 Å². The van der Waals surface area contributed by atoms with Gasteiger partial charge in [-0.15, -0.1) is 0 Å². The number of rotatable bonds is 6. The minimum atomic E-state index is -0.314. The van der Waals surface area contributed by atoms with Crippen LogP contribution in [-0.2, 0) is 16.0 Å². The van der Waals surface area contributed by atoms with Crippen molar-refractivity contribution in [3.8, 4) is 0 Å². The molecule has 0 unspecified atom stereocenters. The number of hydrogen-bond donors (Lipinski definition) is 1. The molecule has 1 amide bonds. The first-order chi connectivity index (χ1) is 11.9. The molecule has 2 heterocycles. The molecule has 140 valence electrons. The van der Waals surface area contributed by atoms with Crippen molar-refractivity contribution in [3.05, 3.63) is 17.5 Å². The smallest absolute Gasteiger partial charge is 0.230 e. The van der Waals surface area contributed by atoms with E-state index in [4.69, 9.17) is 9.26 Å². The molecule has 7 nitrogen and oxygen atoms in total. The Balaban J connectivity index is 1.50. The maximum Gasteiger partial charge on any atom is 0.230 e. The molecule has 1 N–H and O–H groups in total. The van der Waals surface area contributed by atoms with Crippen LogP contribution >= 0.6 is 0 Å². The van der Waals surface area contributed by atoms with Gasteiger partial charge in [-0.1, -0.05) is 5.16 Å². The molecule has 2 aliphatic rings. The summed E-state index contributed by atoms with van der Waals surface area (Å²) in [6.45, 7) is 4.73. The van der Waals surface area contributed by atoms with E-state index in [-0.39, 0.29) is 30.0 Å². The van der Waals surface area contributed by atoms with Crippen LogP contribution in [-0.4, -0.2) is 78.5 Å². The van der Waals surface area contributed by atoms with Crippen molar-refractivity contribution in [1.82, 2.24) is 15.0 Å². The lowest BCUT2D eigenvalue weighted by Crippen LogP contribution is -2.63. The van der Waals surface area contributed by atoms with E-state index in [1.807, 2.05) is 25.9 Å². The minimum Gasteiger partial charge on any atom is -0.392 e. The average molecular weight is 351 g/mol. The Kier molecular flexibility index (Phi) is 5.46. The number of nitrogens with zero attached hydrogens (tertiary/aromatic N) is 3. The Morgan fingerprint density at radius 2 is 2.20 bits per heavy atom. The predicted molar refractivity (Wildman–Crippen MR) is 92.1 cm³/mol. The van der Waals surface area contributed by atoms with E-state index < -0.39 is 0 Å². The summed E-state index contributed by atoms with van der Waals surface area (Å²) in [5.74, 6) is 0.668. The van der Waals surface area contributed by atoms with Gasteiger partial charge in [0.05, 0.1) is 30.9 Å². The molecule has 3 rings (SSSR count). The van der Waals surface area contributed by atoms with Crippen LogP contribution < -0.4 is 0 Å². The number of aliphatic hydroxyl groups is 1. The minimum absolute atomic E-state index is 0.0601. The SMILES string of the molecule is Cc1cc(CC(=O)N2CCC3(CC2)[C@@H](O)C[C@H]3OCCN(C)C)on1. The third kappa shape index (κ3) is 3.88. The largest absolute Gasteiger partial charge is 0.392 e. The van der Waals surface area contributed by atoms with Crippen molar-refractivity contribution < 1.29 is 19.2 Å². The fraction of sp³-hybridized carbons (Fsp3) is 0.778. The first-order valence-electron chi connectivity index (χ1n) is 9.05. The second kappa shape index (κ2) is 7.43. The van der Waals surface area contributed by atoms with E-state index in [9.17, 15) is 9.90 Å². The summed E-state index contributed by atoms with van der Waals surface area (Å²) in [7, 11) is 4.05. The van der Waals surface area contributed by atoms with Gasteiger partial charge in [0.2, 0.25) is 5.91 Å². The number of piperidine rings is 1. The molecular weight excluding hydrogens is 322 g/mol. The highest BCUT2D eigenvalue weighted by Gasteiger charge is 2.56. The molecule has 25 heavy (non-hydrogen) atoms. The highest BCUT2D eigenvalue weighted by Crippen LogP contribution is 2.50. The van der Waals surface area contributed by atoms with Crippen molar-refractivity contribution in [1.29, 1.82) is 0 Å². The maximum absolute atomic E-state index is 12.4. The monoisotopic (exact) mass is 351 g/mol. The molecular formula is C18H29N3O4. The molecule has 0 radical (unpaired) electrons. The Bertz CT molecular complexity index is 593. The third-order valence-corrected chi connectivity index (χ3v) is 5.65. The van der Waals surface area contributed by atoms with Crippen LogP contribution in [0, 0.1) is 12.3 Å². The van der Waals surface area contributed by atoms with E-state index in [0.717, 1.165) is 25.1 Å². The van der Waals surface area contributed by atoms with Gasteiger partial charge >= 0.3 is 0 Å². The number of ether oxygens (including phenoxy) is 1. The fourth-order valence-electron chi connectivity index (χ4n) is 3.93. The summed E-state index contributed by atoms with van der Waals surface area (Å²) < 4.78 is 11.2. The summed E-state index contributed by atoms with van der Waals surface area (Å²) in [4.78, 5) is 16.4. The second-order valence-corrected chi connectivity index (χ2v) is 7.64. The summed E-state index contributed by atoms with van der Waals surface area (Å²) in [6.07, 6.45) is 2.34. The number of aryl methyl sites for hydroxylation is 1. The summed E-state index contributed by atoms with van der Waals surface area (Å²) in [5, 5.41) is 14.2. The third-order valence-electron chi connectivity index (χ3n) is 5.65. The number of likely N-dealkylation sites (tertiary alicyclic amines) is 1. The molecule has 2 atom stereocenters. The van der Waals surface area contributed by atoms with Crippen LogP contribution in [0.25, 0.3) is 0 Å². The average Bonchev–Trinajstić information content (AvgIpc) is 2.98. The van der Waals surface area contributed by atoms with Crippen LogP contribution in [0.1, 0.15) is 30.7 Å². The molecule has 1 aliphatic carbocycles. The number of hydrogen-bond acceptors (Lipinski definition) is 6. The molecule has 2 fully saturated rings. The van der Waals surface area contributed by atoms with E-state index in [2.05, 4.69) is 10.1 Å². The Labute approximate surface area is 148 Å². The number of carbonyl (C=O) groups excluding carboxylic acids is 1. The molecule has 0 bridgehead atoms. The summed E-state index contributed by atoms with van der Waals surface area (Å²) in [5.41, 5.74) is 0.613. The van der Waals surface area contributed by atoms with Gasteiger partial charge in [-0.25, -0.2) is 0 Å². The van der Waals surface area contributed by atoms with Gasteiger partial charge in [0.15, 0.2) is 0 Å². The van der Waals surface area contributed by atoms with Crippen LogP contribution in [0.4, 0.5) is 0 Å². The zero-order chi connectivity index (χ0) is 18.0. The van der Waals surface area contributed by atoms with Gasteiger partial charge in [-0.3, -0.25) is 4.79 Å². The number of carbonyl (C=O) groups is 1. The molecule has 1 saturated heterocycles. The lowest BCUT2D eigenvalue weighted by molar-refractivity contribution is -0.212. The number of amides is 1. The molecule has 7 heteroatoms. The molecule has 1 saturated carbocycles. The van der Waals surface area contributed by atoms with E-state index in [0.29, 0.717) is 31.9 Å². The van der Waals surface area contributed by atoms with Crippen molar-refractivity contribution in [2.24, 2.45) is 5.41 Å². The molecule has 1 aromatic heterocycles. The number of aliphatic hydroxyl groups excluding tert-OH is 1. The first kappa shape index (κ1) is 18.4. The number of aromatic nitrogens is 1. The lowest BCUT2D eigenvalue weighted by atomic mass is 9.58. The van der Waals surface area contributed by atoms with Gasteiger partial charge < -0.3 is 24.2 Å². The standard InChI is InChI=1S/C18H29N3O4/c1-13-10-14(25-19-13)11-17(23)21-6-4-18(5-7-21)15(22)12-16(18)24-9-8-20(2)3/h10,15-16,22H,4-9,11-12H2,1-3H3/t15-,16+/m0/s1. The summed E-state index contributed by atoms with van der Waals surface area (Å²) >= 11 is 0. The van der Waals surface area contributed by atoms with E-state index in [1.54, 1.807) is 6.07 Å². The lowest BCUT2D eigenvalue weighted by Gasteiger charge is -2.56. The van der Waals surface area contributed by atoms with Crippen LogP contribution in [0.2, 0.25) is 0 Å². The highest BCUT2D eigenvalue weighted by molar-refractivity contribution is 5.78. The maximum atomic E-state index is 12.4. The fourth-order valence-corrected chi connectivity index (χ4v) is 3.93. The Morgan fingerprint density at radius 1 is 1.48 bits per heavy atom. The highest BCUT2D eigenvalue weighted by atomic mass is 16.5. The molecule has 1 spiro atoms. The predicted octanol–water partition coefficient (Wildman–Crippen LogP) is 0.846. The van der Waals surface area contributed by atoms with Crippen molar-refractivity contribution >= 4 is 5.91 Å². The normalized spacial score (nSPS) is 25.4. The van der Waals surface area contributed by atoms with Crippen LogP contribution in [0.3, 0.4) is 0 Å². The van der Waals surface area contributed by atoms with Crippen molar-refractivity contribution in [2.75, 3.05) is 40.3 Å². The van der Waals surface area contributed by atoms with E-state index in [1.165, 1.54) is 0 Å². The number of likely N-dealkylation sites (N-methyl/N-ethyl adjacent to an activating group) is 1. The van der Waals surface area contributed by atoms with Gasteiger partial charge in [0.1, 0.15) is 5.76 Å². The Hall–Kier alpha value is -1.44. The van der Waals surface area contributed by atoms with Gasteiger partial charge in [0, 0.05) is 37.5 Å². The zero-order valence-electron chi connectivity index (χ0n) is 15.4. The Morgan fingerprint density at radius 3 is 2.76 bits per heavy atom. The van der Waals surface area contributed by atoms with Crippen molar-refractivity contribution in [3.63, 3.8) is 0 Å². The molecule has 0 aromatic carbocycles. The van der Waals surface area contributed by atoms with Gasteiger partial charge in [0.25, 0.3) is 0 Å². The van der Waals surface area contributed by atoms with Crippen LogP contribution in [0.15, 0.2) is 10.6 Å². The van der Waals surface area contributed by atoms with Crippen molar-refractivity contribution in [2.45, 2.75) is 44.8 Å². The summed E-state index contributed by atoms with van der Waals surface area (Å²) in [6, 6.07) is 1.80. The quantitative estimate of drug-likeness (QED) is 0.818. The molecule has 1 aromatic rings. The molecule has 1 aliphatic heterocycles.